The minimum Gasteiger partial charge on any atom is -0.381 e. The van der Waals surface area contributed by atoms with Gasteiger partial charge in [0.1, 0.15) is 6.54 Å². The van der Waals surface area contributed by atoms with E-state index in [2.05, 4.69) is 15.6 Å². The predicted molar refractivity (Wildman–Crippen MR) is 114 cm³/mol. The van der Waals surface area contributed by atoms with Crippen molar-refractivity contribution >= 4 is 35.8 Å². The van der Waals surface area contributed by atoms with Crippen molar-refractivity contribution in [3.05, 3.63) is 0 Å². The highest BCUT2D eigenvalue weighted by atomic mass is 127. The smallest absolute Gasteiger partial charge is 0.243 e. The molecule has 1 amide bonds. The number of likely N-dealkylation sites (N-methyl/N-ethyl adjacent to an activating group) is 1. The molecule has 1 unspecified atom stereocenters. The number of guanidine groups is 1. The summed E-state index contributed by atoms with van der Waals surface area (Å²) in [7, 11) is 3.48. The lowest BCUT2D eigenvalue weighted by Gasteiger charge is -2.24. The Morgan fingerprint density at radius 3 is 2.69 bits per heavy atom. The summed E-state index contributed by atoms with van der Waals surface area (Å²) in [5, 5.41) is 6.60. The molecular weight excluding hydrogens is 447 g/mol. The summed E-state index contributed by atoms with van der Waals surface area (Å²) in [5.74, 6) is 1.47. The van der Waals surface area contributed by atoms with E-state index in [9.17, 15) is 4.79 Å². The molecule has 0 aromatic carbocycles. The van der Waals surface area contributed by atoms with Crippen molar-refractivity contribution in [1.82, 2.24) is 15.5 Å². The lowest BCUT2D eigenvalue weighted by atomic mass is 10.1. The minimum absolute atomic E-state index is 0. The first-order valence-electron chi connectivity index (χ1n) is 9.57. The Balaban J connectivity index is 0.00000338. The Labute approximate surface area is 174 Å². The summed E-state index contributed by atoms with van der Waals surface area (Å²) in [6.07, 6.45) is 7.23. The maximum Gasteiger partial charge on any atom is 0.243 e. The summed E-state index contributed by atoms with van der Waals surface area (Å²) in [6.45, 7) is 4.14. The average Bonchev–Trinajstić information content (AvgIpc) is 3.44. The molecule has 2 fully saturated rings. The Morgan fingerprint density at radius 1 is 1.23 bits per heavy atom. The third kappa shape index (κ3) is 10.5. The number of hydrogen-bond acceptors (Lipinski definition) is 4. The Bertz CT molecular complexity index is 425. The van der Waals surface area contributed by atoms with Gasteiger partial charge in [-0.1, -0.05) is 0 Å². The molecule has 2 rings (SSSR count). The summed E-state index contributed by atoms with van der Waals surface area (Å²) in [6, 6.07) is 0. The number of nitrogens with one attached hydrogen (secondary N) is 2. The van der Waals surface area contributed by atoms with E-state index in [-0.39, 0.29) is 42.5 Å². The zero-order valence-electron chi connectivity index (χ0n) is 16.2. The second kappa shape index (κ2) is 13.5. The third-order valence-corrected chi connectivity index (χ3v) is 4.45. The van der Waals surface area contributed by atoms with Crippen LogP contribution in [0.3, 0.4) is 0 Å². The number of hydrogen-bond donors (Lipinski definition) is 2. The number of aliphatic imine (C=N–C) groups is 1. The maximum absolute atomic E-state index is 11.8. The van der Waals surface area contributed by atoms with Crippen molar-refractivity contribution in [3.8, 4) is 0 Å². The van der Waals surface area contributed by atoms with Gasteiger partial charge < -0.3 is 25.0 Å². The van der Waals surface area contributed by atoms with Crippen LogP contribution in [0, 0.1) is 5.92 Å². The summed E-state index contributed by atoms with van der Waals surface area (Å²) in [4.78, 5) is 17.7. The second-order valence-corrected chi connectivity index (χ2v) is 7.12. The molecule has 0 spiro atoms. The van der Waals surface area contributed by atoms with E-state index in [1.165, 1.54) is 19.3 Å². The normalized spacial score (nSPS) is 20.2. The third-order valence-electron chi connectivity index (χ3n) is 4.45. The molecule has 2 N–H and O–H groups in total. The number of ether oxygens (including phenoxy) is 2. The molecule has 1 heterocycles. The Morgan fingerprint density at radius 2 is 2.04 bits per heavy atom. The van der Waals surface area contributed by atoms with Crippen LogP contribution in [-0.4, -0.2) is 76.4 Å². The molecule has 26 heavy (non-hydrogen) atoms. The van der Waals surface area contributed by atoms with Gasteiger partial charge in [0.25, 0.3) is 0 Å². The highest BCUT2D eigenvalue weighted by Crippen LogP contribution is 2.28. The zero-order chi connectivity index (χ0) is 17.9. The molecular formula is C18H35IN4O3. The largest absolute Gasteiger partial charge is 0.381 e. The zero-order valence-corrected chi connectivity index (χ0v) is 18.5. The van der Waals surface area contributed by atoms with Crippen LogP contribution < -0.4 is 10.6 Å². The number of amides is 1. The molecule has 152 valence electrons. The van der Waals surface area contributed by atoms with Gasteiger partial charge >= 0.3 is 0 Å². The van der Waals surface area contributed by atoms with Gasteiger partial charge in [0.15, 0.2) is 5.96 Å². The van der Waals surface area contributed by atoms with Crippen LogP contribution in [0.1, 0.15) is 38.5 Å². The highest BCUT2D eigenvalue weighted by molar-refractivity contribution is 14.0. The molecule has 0 radical (unpaired) electrons. The van der Waals surface area contributed by atoms with E-state index < -0.39 is 0 Å². The van der Waals surface area contributed by atoms with Crippen LogP contribution in [0.25, 0.3) is 0 Å². The quantitative estimate of drug-likeness (QED) is 0.214. The molecule has 1 saturated heterocycles. The lowest BCUT2D eigenvalue weighted by molar-refractivity contribution is -0.127. The van der Waals surface area contributed by atoms with E-state index in [4.69, 9.17) is 9.47 Å². The van der Waals surface area contributed by atoms with Gasteiger partial charge in [-0.2, -0.15) is 0 Å². The van der Waals surface area contributed by atoms with E-state index in [0.717, 1.165) is 58.1 Å². The Kier molecular flexibility index (Phi) is 12.2. The SMILES string of the molecule is CN(C)C(=O)CN=C(NCCCOCC1CC1)NCC1CCCCO1.I. The van der Waals surface area contributed by atoms with Crippen LogP contribution in [-0.2, 0) is 14.3 Å². The van der Waals surface area contributed by atoms with Gasteiger partial charge in [-0.25, -0.2) is 4.99 Å². The molecule has 1 aliphatic carbocycles. The summed E-state index contributed by atoms with van der Waals surface area (Å²) < 4.78 is 11.4. The number of carbonyl (C=O) groups excluding carboxylic acids is 1. The van der Waals surface area contributed by atoms with Gasteiger partial charge in [-0.3, -0.25) is 4.79 Å². The average molecular weight is 482 g/mol. The minimum atomic E-state index is -0.0113. The van der Waals surface area contributed by atoms with Crippen LogP contribution >= 0.6 is 24.0 Å². The van der Waals surface area contributed by atoms with Crippen LogP contribution in [0.4, 0.5) is 0 Å². The highest BCUT2D eigenvalue weighted by Gasteiger charge is 2.20. The van der Waals surface area contributed by atoms with Crippen LogP contribution in [0.5, 0.6) is 0 Å². The first-order valence-corrected chi connectivity index (χ1v) is 9.57. The van der Waals surface area contributed by atoms with E-state index in [1.54, 1.807) is 19.0 Å². The van der Waals surface area contributed by atoms with Crippen molar-refractivity contribution in [2.24, 2.45) is 10.9 Å². The molecule has 1 atom stereocenters. The molecule has 0 bridgehead atoms. The van der Waals surface area contributed by atoms with Crippen molar-refractivity contribution in [2.45, 2.75) is 44.6 Å². The number of nitrogens with zero attached hydrogens (tertiary/aromatic N) is 2. The van der Waals surface area contributed by atoms with E-state index >= 15 is 0 Å². The topological polar surface area (TPSA) is 75.2 Å². The standard InChI is InChI=1S/C18H34N4O3.HI/c1-22(2)17(23)13-21-18(20-12-16-6-3-4-11-25-16)19-9-5-10-24-14-15-7-8-15;/h15-16H,3-14H2,1-2H3,(H2,19,20,21);1H. The molecule has 0 aromatic heterocycles. The van der Waals surface area contributed by atoms with Gasteiger partial charge in [0.2, 0.25) is 5.91 Å². The Hall–Kier alpha value is -0.610. The fourth-order valence-corrected chi connectivity index (χ4v) is 2.56. The van der Waals surface area contributed by atoms with Gasteiger partial charge in [-0.15, -0.1) is 24.0 Å². The molecule has 0 aromatic rings. The molecule has 1 saturated carbocycles. The molecule has 7 nitrogen and oxygen atoms in total. The van der Waals surface area contributed by atoms with Crippen molar-refractivity contribution < 1.29 is 14.3 Å². The fraction of sp³-hybridized carbons (Fsp3) is 0.889. The molecule has 2 aliphatic rings. The van der Waals surface area contributed by atoms with E-state index in [1.807, 2.05) is 0 Å². The van der Waals surface area contributed by atoms with E-state index in [0.29, 0.717) is 5.96 Å². The summed E-state index contributed by atoms with van der Waals surface area (Å²) >= 11 is 0. The molecule has 1 aliphatic heterocycles. The van der Waals surface area contributed by atoms with Gasteiger partial charge in [0, 0.05) is 47.0 Å². The molecule has 8 heteroatoms. The predicted octanol–water partition coefficient (Wildman–Crippen LogP) is 1.61. The maximum atomic E-state index is 11.8. The monoisotopic (exact) mass is 482 g/mol. The first kappa shape index (κ1) is 23.4. The lowest BCUT2D eigenvalue weighted by Crippen LogP contribution is -2.43. The van der Waals surface area contributed by atoms with Crippen LogP contribution in [0.2, 0.25) is 0 Å². The van der Waals surface area contributed by atoms with Gasteiger partial charge in [0.05, 0.1) is 6.10 Å². The summed E-state index contributed by atoms with van der Waals surface area (Å²) in [5.41, 5.74) is 0. The number of halogens is 1. The second-order valence-electron chi connectivity index (χ2n) is 7.12. The van der Waals surface area contributed by atoms with Crippen molar-refractivity contribution in [1.29, 1.82) is 0 Å². The first-order chi connectivity index (χ1) is 12.1. The van der Waals surface area contributed by atoms with Crippen LogP contribution in [0.15, 0.2) is 4.99 Å². The van der Waals surface area contributed by atoms with Crippen molar-refractivity contribution in [3.63, 3.8) is 0 Å². The fourth-order valence-electron chi connectivity index (χ4n) is 2.56. The number of rotatable bonds is 10. The van der Waals surface area contributed by atoms with Crippen molar-refractivity contribution in [2.75, 3.05) is 53.6 Å². The number of carbonyl (C=O) groups is 1. The van der Waals surface area contributed by atoms with Gasteiger partial charge in [-0.05, 0) is 44.4 Å².